The van der Waals surface area contributed by atoms with Crippen LogP contribution in [0.2, 0.25) is 5.02 Å². The van der Waals surface area contributed by atoms with Crippen molar-refractivity contribution in [2.45, 2.75) is 5.92 Å². The first-order valence-electron chi connectivity index (χ1n) is 9.61. The van der Waals surface area contributed by atoms with Crippen LogP contribution in [0.5, 0.6) is 11.5 Å². The summed E-state index contributed by atoms with van der Waals surface area (Å²) in [5.41, 5.74) is 3.02. The molecule has 0 fully saturated rings. The van der Waals surface area contributed by atoms with Gasteiger partial charge in [0.25, 0.3) is 5.91 Å². The van der Waals surface area contributed by atoms with E-state index in [4.69, 9.17) is 16.3 Å². The number of aromatic amines is 1. The number of hydrogen-bond donors (Lipinski definition) is 3. The zero-order valence-corrected chi connectivity index (χ0v) is 16.9. The molecule has 1 atom stereocenters. The number of hydrogen-bond acceptors (Lipinski definition) is 3. The van der Waals surface area contributed by atoms with Crippen molar-refractivity contribution in [2.24, 2.45) is 0 Å². The first kappa shape index (κ1) is 19.9. The van der Waals surface area contributed by atoms with Crippen LogP contribution in [-0.2, 0) is 4.79 Å². The van der Waals surface area contributed by atoms with Crippen LogP contribution in [-0.4, -0.2) is 29.1 Å². The van der Waals surface area contributed by atoms with Crippen LogP contribution >= 0.6 is 11.6 Å². The highest BCUT2D eigenvalue weighted by molar-refractivity contribution is 6.31. The lowest BCUT2D eigenvalue weighted by Crippen LogP contribution is -2.32. The van der Waals surface area contributed by atoms with E-state index in [0.29, 0.717) is 11.6 Å². The number of carbonyl (C=O) groups is 1. The molecule has 4 rings (SSSR count). The summed E-state index contributed by atoms with van der Waals surface area (Å²) in [6.45, 7) is 0.162. The van der Waals surface area contributed by atoms with Gasteiger partial charge in [0.05, 0.1) is 0 Å². The molecule has 0 radical (unpaired) electrons. The van der Waals surface area contributed by atoms with E-state index in [0.717, 1.165) is 22.0 Å². The highest BCUT2D eigenvalue weighted by atomic mass is 35.5. The molecule has 30 heavy (non-hydrogen) atoms. The van der Waals surface area contributed by atoms with E-state index in [9.17, 15) is 9.90 Å². The number of ether oxygens (including phenoxy) is 1. The predicted octanol–water partition coefficient (Wildman–Crippen LogP) is 4.85. The Bertz CT molecular complexity index is 1170. The van der Waals surface area contributed by atoms with Gasteiger partial charge in [-0.3, -0.25) is 4.79 Å². The minimum atomic E-state index is -0.282. The zero-order chi connectivity index (χ0) is 20.9. The molecule has 5 nitrogen and oxygen atoms in total. The molecule has 1 aromatic heterocycles. The van der Waals surface area contributed by atoms with E-state index in [1.807, 2.05) is 54.7 Å². The monoisotopic (exact) mass is 420 g/mol. The number of para-hydroxylation sites is 3. The first-order chi connectivity index (χ1) is 14.6. The van der Waals surface area contributed by atoms with E-state index in [1.165, 1.54) is 6.07 Å². The van der Waals surface area contributed by atoms with Gasteiger partial charge in [-0.25, -0.2) is 0 Å². The summed E-state index contributed by atoms with van der Waals surface area (Å²) < 4.78 is 5.43. The van der Waals surface area contributed by atoms with E-state index in [-0.39, 0.29) is 29.9 Å². The molecule has 3 aromatic carbocycles. The van der Waals surface area contributed by atoms with Gasteiger partial charge in [0.2, 0.25) is 0 Å². The fourth-order valence-corrected chi connectivity index (χ4v) is 3.78. The molecule has 6 heteroatoms. The summed E-state index contributed by atoms with van der Waals surface area (Å²) in [5, 5.41) is 14.4. The van der Waals surface area contributed by atoms with Gasteiger partial charge in [-0.1, -0.05) is 60.1 Å². The smallest absolute Gasteiger partial charge is 0.257 e. The van der Waals surface area contributed by atoms with E-state index in [2.05, 4.69) is 10.3 Å². The van der Waals surface area contributed by atoms with Crippen LogP contribution in [0.1, 0.15) is 17.0 Å². The van der Waals surface area contributed by atoms with Gasteiger partial charge < -0.3 is 20.1 Å². The number of phenols is 1. The molecular weight excluding hydrogens is 400 g/mol. The minimum absolute atomic E-state index is 0.00182. The zero-order valence-electron chi connectivity index (χ0n) is 16.1. The third-order valence-electron chi connectivity index (χ3n) is 5.00. The number of carbonyl (C=O) groups excluding carboxylic acids is 1. The highest BCUT2D eigenvalue weighted by Crippen LogP contribution is 2.34. The van der Waals surface area contributed by atoms with Gasteiger partial charge in [0.15, 0.2) is 18.1 Å². The van der Waals surface area contributed by atoms with Crippen LogP contribution in [0.25, 0.3) is 10.9 Å². The third kappa shape index (κ3) is 4.26. The van der Waals surface area contributed by atoms with Gasteiger partial charge in [0, 0.05) is 34.6 Å². The number of rotatable bonds is 7. The van der Waals surface area contributed by atoms with Crippen LogP contribution in [0.3, 0.4) is 0 Å². The Labute approximate surface area is 179 Å². The average Bonchev–Trinajstić information content (AvgIpc) is 3.18. The second kappa shape index (κ2) is 8.93. The molecule has 0 aliphatic carbocycles. The first-order valence-corrected chi connectivity index (χ1v) is 9.99. The molecule has 0 spiro atoms. The van der Waals surface area contributed by atoms with Crippen LogP contribution in [0.15, 0.2) is 79.0 Å². The summed E-state index contributed by atoms with van der Waals surface area (Å²) in [4.78, 5) is 15.7. The lowest BCUT2D eigenvalue weighted by Gasteiger charge is -2.19. The molecule has 1 unspecified atom stereocenters. The quantitative estimate of drug-likeness (QED) is 0.400. The summed E-state index contributed by atoms with van der Waals surface area (Å²) in [6.07, 6.45) is 1.96. The number of nitrogens with one attached hydrogen (secondary N) is 2. The van der Waals surface area contributed by atoms with Gasteiger partial charge in [0.1, 0.15) is 0 Å². The molecular formula is C24H21ClN2O3. The van der Waals surface area contributed by atoms with Crippen molar-refractivity contribution >= 4 is 28.4 Å². The van der Waals surface area contributed by atoms with Crippen molar-refractivity contribution in [1.82, 2.24) is 10.3 Å². The Hall–Kier alpha value is -3.44. The van der Waals surface area contributed by atoms with E-state index in [1.54, 1.807) is 18.2 Å². The summed E-state index contributed by atoms with van der Waals surface area (Å²) in [6, 6.07) is 22.2. The van der Waals surface area contributed by atoms with Crippen molar-refractivity contribution in [1.29, 1.82) is 0 Å². The second-order valence-corrected chi connectivity index (χ2v) is 7.33. The standard InChI is InChI=1S/C24H21ClN2O3/c25-20-9-3-1-7-16(20)18(19-13-26-21-10-4-2-8-17(19)21)14-27-24(29)15-30-23-12-6-5-11-22(23)28/h1-13,18,26,28H,14-15H2,(H,27,29). The molecule has 1 heterocycles. The topological polar surface area (TPSA) is 74.3 Å². The number of halogens is 1. The van der Waals surface area contributed by atoms with Crippen molar-refractivity contribution < 1.29 is 14.6 Å². The third-order valence-corrected chi connectivity index (χ3v) is 5.35. The van der Waals surface area contributed by atoms with Crippen LogP contribution in [0.4, 0.5) is 0 Å². The van der Waals surface area contributed by atoms with Crippen molar-refractivity contribution in [3.05, 3.63) is 95.1 Å². The predicted molar refractivity (Wildman–Crippen MR) is 118 cm³/mol. The normalized spacial score (nSPS) is 11.9. The van der Waals surface area contributed by atoms with E-state index < -0.39 is 0 Å². The van der Waals surface area contributed by atoms with E-state index >= 15 is 0 Å². The lowest BCUT2D eigenvalue weighted by atomic mass is 9.91. The number of aromatic nitrogens is 1. The SMILES string of the molecule is O=C(COc1ccccc1O)NCC(c1ccccc1Cl)c1c[nH]c2ccccc12. The Morgan fingerprint density at radius 1 is 1.00 bits per heavy atom. The second-order valence-electron chi connectivity index (χ2n) is 6.92. The fraction of sp³-hybridized carbons (Fsp3) is 0.125. The fourth-order valence-electron chi connectivity index (χ4n) is 3.52. The number of phenolic OH excluding ortho intramolecular Hbond substituents is 1. The van der Waals surface area contributed by atoms with Crippen LogP contribution in [0, 0.1) is 0 Å². The van der Waals surface area contributed by atoms with Gasteiger partial charge in [-0.2, -0.15) is 0 Å². The molecule has 0 saturated carbocycles. The number of benzene rings is 3. The largest absolute Gasteiger partial charge is 0.504 e. The number of H-pyrrole nitrogens is 1. The Morgan fingerprint density at radius 3 is 2.57 bits per heavy atom. The number of aromatic hydroxyl groups is 1. The molecule has 152 valence electrons. The maximum absolute atomic E-state index is 12.4. The minimum Gasteiger partial charge on any atom is -0.504 e. The molecule has 0 aliphatic rings. The maximum atomic E-state index is 12.4. The Morgan fingerprint density at radius 2 is 1.73 bits per heavy atom. The molecule has 0 bridgehead atoms. The summed E-state index contributed by atoms with van der Waals surface area (Å²) >= 11 is 6.49. The Kier molecular flexibility index (Phi) is 5.91. The molecule has 4 aromatic rings. The highest BCUT2D eigenvalue weighted by Gasteiger charge is 2.21. The van der Waals surface area contributed by atoms with Gasteiger partial charge in [-0.05, 0) is 35.4 Å². The van der Waals surface area contributed by atoms with Gasteiger partial charge in [-0.15, -0.1) is 0 Å². The number of fused-ring (bicyclic) bond motifs is 1. The molecule has 0 aliphatic heterocycles. The van der Waals surface area contributed by atoms with Crippen LogP contribution < -0.4 is 10.1 Å². The maximum Gasteiger partial charge on any atom is 0.257 e. The lowest BCUT2D eigenvalue weighted by molar-refractivity contribution is -0.123. The van der Waals surface area contributed by atoms with Crippen molar-refractivity contribution in [3.8, 4) is 11.5 Å². The van der Waals surface area contributed by atoms with Crippen molar-refractivity contribution in [3.63, 3.8) is 0 Å². The van der Waals surface area contributed by atoms with Crippen molar-refractivity contribution in [2.75, 3.05) is 13.2 Å². The van der Waals surface area contributed by atoms with Gasteiger partial charge >= 0.3 is 0 Å². The number of amides is 1. The Balaban J connectivity index is 1.53. The molecule has 0 saturated heterocycles. The molecule has 3 N–H and O–H groups in total. The summed E-state index contributed by atoms with van der Waals surface area (Å²) in [5.74, 6) is -0.149. The molecule has 1 amide bonds. The summed E-state index contributed by atoms with van der Waals surface area (Å²) in [7, 11) is 0. The average molecular weight is 421 g/mol.